The van der Waals surface area contributed by atoms with Crippen LogP contribution in [0.1, 0.15) is 22.3 Å². The number of halogens is 6. The van der Waals surface area contributed by atoms with Crippen molar-refractivity contribution in [3.63, 3.8) is 0 Å². The van der Waals surface area contributed by atoms with Crippen LogP contribution in [0, 0.1) is 13.8 Å². The van der Waals surface area contributed by atoms with Gasteiger partial charge in [0.25, 0.3) is 0 Å². The van der Waals surface area contributed by atoms with Crippen LogP contribution in [0.25, 0.3) is 65.4 Å². The Bertz CT molecular complexity index is 3490. The van der Waals surface area contributed by atoms with Crippen molar-refractivity contribution in [2.45, 2.75) is 26.2 Å². The Kier molecular flexibility index (Phi) is 8.82. The molecule has 4 nitrogen and oxygen atoms in total. The molecule has 0 fully saturated rings. The van der Waals surface area contributed by atoms with Gasteiger partial charge in [0.05, 0.1) is 11.1 Å². The lowest BCUT2D eigenvalue weighted by Gasteiger charge is -2.26. The highest BCUT2D eigenvalue weighted by Crippen LogP contribution is 2.45. The van der Waals surface area contributed by atoms with Crippen LogP contribution in [0.3, 0.4) is 0 Å². The van der Waals surface area contributed by atoms with E-state index in [4.69, 9.17) is 8.83 Å². The quantitative estimate of drug-likeness (QED) is 0.156. The number of benzene rings is 9. The Hall–Kier alpha value is -7.72. The molecule has 9 aromatic carbocycles. The molecule has 0 N–H and O–H groups in total. The van der Waals surface area contributed by atoms with E-state index in [2.05, 4.69) is 104 Å². The van der Waals surface area contributed by atoms with Crippen molar-refractivity contribution in [1.29, 1.82) is 0 Å². The molecule has 0 radical (unpaired) electrons. The molecule has 0 bridgehead atoms. The summed E-state index contributed by atoms with van der Waals surface area (Å²) in [7, 11) is 0. The molecule has 0 unspecified atom stereocenters. The van der Waals surface area contributed by atoms with Gasteiger partial charge in [-0.05, 0) is 152 Å². The molecule has 11 rings (SSSR count). The van der Waals surface area contributed by atoms with Gasteiger partial charge in [-0.2, -0.15) is 26.3 Å². The number of furan rings is 2. The second-order valence-corrected chi connectivity index (χ2v) is 16.2. The third-order valence-corrected chi connectivity index (χ3v) is 12.0. The van der Waals surface area contributed by atoms with Crippen LogP contribution in [0.5, 0.6) is 0 Å². The van der Waals surface area contributed by atoms with Gasteiger partial charge in [-0.1, -0.05) is 47.5 Å². The van der Waals surface area contributed by atoms with E-state index in [0.29, 0.717) is 33.8 Å². The van der Waals surface area contributed by atoms with E-state index in [1.807, 2.05) is 30.3 Å². The number of hydrogen-bond donors (Lipinski definition) is 0. The number of fused-ring (bicyclic) bond motifs is 10. The minimum absolute atomic E-state index is 0.339. The molecule has 0 aliphatic rings. The maximum atomic E-state index is 13.5. The summed E-state index contributed by atoms with van der Waals surface area (Å²) >= 11 is 0. The second kappa shape index (κ2) is 14.4. The first-order chi connectivity index (χ1) is 30.8. The van der Waals surface area contributed by atoms with Gasteiger partial charge in [0.1, 0.15) is 22.3 Å². The standard InChI is InChI=1S/C54H34F6N2O2/c1-31-3-13-37(14-4-31)61(38-15-5-32(2)6-16-38)41-21-25-43-33(27-41)7-23-45-47-29-48-46-24-8-34-28-42(22-26-44(34)52(46)64-50(48)30-49(47)63-51(43)45)62(39-17-9-35(10-18-39)53(55,56)57)40-19-11-36(12-20-40)54(58,59)60/h3-30H,1-2H3. The SMILES string of the molecule is Cc1ccc(N(c2ccc(C)cc2)c2ccc3c(ccc4c5cc6c(cc5oc34)oc3c4ccc(N(c5ccc(C(F)(F)F)cc5)c5ccc(C(F)(F)F)cc5)cc4ccc63)c2)cc1. The fraction of sp³-hybridized carbons (Fsp3) is 0.0741. The van der Waals surface area contributed by atoms with Gasteiger partial charge in [-0.25, -0.2) is 0 Å². The molecule has 314 valence electrons. The molecule has 0 saturated heterocycles. The molecular weight excluding hydrogens is 823 g/mol. The average molecular weight is 857 g/mol. The summed E-state index contributed by atoms with van der Waals surface area (Å²) in [6, 6.07) is 50.1. The predicted molar refractivity (Wildman–Crippen MR) is 245 cm³/mol. The number of anilines is 6. The van der Waals surface area contributed by atoms with Crippen molar-refractivity contribution in [3.8, 4) is 0 Å². The Balaban J connectivity index is 0.985. The topological polar surface area (TPSA) is 32.8 Å². The monoisotopic (exact) mass is 856 g/mol. The van der Waals surface area contributed by atoms with Crippen molar-refractivity contribution in [1.82, 2.24) is 0 Å². The third kappa shape index (κ3) is 6.64. The van der Waals surface area contributed by atoms with E-state index in [-0.39, 0.29) is 0 Å². The summed E-state index contributed by atoms with van der Waals surface area (Å²) in [5.74, 6) is 0. The molecule has 64 heavy (non-hydrogen) atoms. The number of alkyl halides is 6. The van der Waals surface area contributed by atoms with Crippen LogP contribution in [0.4, 0.5) is 60.5 Å². The number of rotatable bonds is 6. The zero-order valence-corrected chi connectivity index (χ0v) is 34.1. The first-order valence-corrected chi connectivity index (χ1v) is 20.5. The Labute approximate surface area is 361 Å². The van der Waals surface area contributed by atoms with E-state index >= 15 is 0 Å². The second-order valence-electron chi connectivity index (χ2n) is 16.2. The molecule has 0 atom stereocenters. The lowest BCUT2D eigenvalue weighted by molar-refractivity contribution is -0.138. The van der Waals surface area contributed by atoms with Gasteiger partial charge in [-0.3, -0.25) is 0 Å². The Morgan fingerprint density at radius 3 is 1.02 bits per heavy atom. The third-order valence-electron chi connectivity index (χ3n) is 12.0. The van der Waals surface area contributed by atoms with Crippen molar-refractivity contribution >= 4 is 99.5 Å². The van der Waals surface area contributed by atoms with Gasteiger partial charge in [0, 0.05) is 72.5 Å². The minimum Gasteiger partial charge on any atom is -0.455 e. The van der Waals surface area contributed by atoms with Gasteiger partial charge >= 0.3 is 12.4 Å². The number of aryl methyl sites for hydroxylation is 2. The molecule has 0 amide bonds. The smallest absolute Gasteiger partial charge is 0.416 e. The van der Waals surface area contributed by atoms with Crippen LogP contribution in [-0.2, 0) is 12.4 Å². The van der Waals surface area contributed by atoms with Crippen LogP contribution >= 0.6 is 0 Å². The molecule has 0 aliphatic carbocycles. The van der Waals surface area contributed by atoms with Crippen LogP contribution in [0.2, 0.25) is 0 Å². The van der Waals surface area contributed by atoms with E-state index in [9.17, 15) is 26.3 Å². The summed E-state index contributed by atoms with van der Waals surface area (Å²) in [6.07, 6.45) is -9.11. The van der Waals surface area contributed by atoms with Crippen LogP contribution in [-0.4, -0.2) is 0 Å². The zero-order valence-electron chi connectivity index (χ0n) is 34.1. The van der Waals surface area contributed by atoms with Gasteiger partial charge < -0.3 is 18.6 Å². The maximum Gasteiger partial charge on any atom is 0.416 e. The summed E-state index contributed by atoms with van der Waals surface area (Å²) in [5.41, 5.74) is 7.76. The van der Waals surface area contributed by atoms with E-state index in [0.717, 1.165) is 90.0 Å². The van der Waals surface area contributed by atoms with Crippen molar-refractivity contribution in [3.05, 3.63) is 192 Å². The lowest BCUT2D eigenvalue weighted by Crippen LogP contribution is -2.12. The van der Waals surface area contributed by atoms with Crippen LogP contribution < -0.4 is 9.80 Å². The maximum absolute atomic E-state index is 13.5. The molecule has 2 heterocycles. The van der Waals surface area contributed by atoms with Gasteiger partial charge in [0.15, 0.2) is 0 Å². The van der Waals surface area contributed by atoms with Gasteiger partial charge in [-0.15, -0.1) is 0 Å². The highest BCUT2D eigenvalue weighted by molar-refractivity contribution is 6.22. The lowest BCUT2D eigenvalue weighted by atomic mass is 10.0. The zero-order chi connectivity index (χ0) is 44.1. The predicted octanol–water partition coefficient (Wildman–Crippen LogP) is 17.4. The molecule has 0 saturated carbocycles. The van der Waals surface area contributed by atoms with E-state index in [1.54, 1.807) is 11.0 Å². The highest BCUT2D eigenvalue weighted by atomic mass is 19.4. The van der Waals surface area contributed by atoms with Crippen LogP contribution in [0.15, 0.2) is 179 Å². The average Bonchev–Trinajstić information content (AvgIpc) is 3.84. The van der Waals surface area contributed by atoms with Gasteiger partial charge in [0.2, 0.25) is 0 Å². The summed E-state index contributed by atoms with van der Waals surface area (Å²) in [6.45, 7) is 4.16. The Morgan fingerprint density at radius 1 is 0.328 bits per heavy atom. The van der Waals surface area contributed by atoms with Crippen molar-refractivity contribution < 1.29 is 35.2 Å². The minimum atomic E-state index is -4.55. The molecular formula is C54H34F6N2O2. The molecule has 11 aromatic rings. The van der Waals surface area contributed by atoms with E-state index in [1.165, 1.54) is 35.4 Å². The number of hydrogen-bond acceptors (Lipinski definition) is 4. The molecule has 10 heteroatoms. The van der Waals surface area contributed by atoms with Crippen molar-refractivity contribution in [2.24, 2.45) is 0 Å². The first-order valence-electron chi connectivity index (χ1n) is 20.5. The summed E-state index contributed by atoms with van der Waals surface area (Å²) < 4.78 is 94.2. The summed E-state index contributed by atoms with van der Waals surface area (Å²) in [4.78, 5) is 3.87. The fourth-order valence-corrected chi connectivity index (χ4v) is 8.75. The molecule has 2 aromatic heterocycles. The fourth-order valence-electron chi connectivity index (χ4n) is 8.75. The molecule has 0 aliphatic heterocycles. The summed E-state index contributed by atoms with van der Waals surface area (Å²) in [5, 5.41) is 7.25. The molecule has 0 spiro atoms. The first kappa shape index (κ1) is 39.1. The Morgan fingerprint density at radius 2 is 0.656 bits per heavy atom. The van der Waals surface area contributed by atoms with Crippen molar-refractivity contribution in [2.75, 3.05) is 9.80 Å². The normalized spacial score (nSPS) is 12.4. The number of nitrogens with zero attached hydrogens (tertiary/aromatic N) is 2. The highest BCUT2D eigenvalue weighted by Gasteiger charge is 2.32. The largest absolute Gasteiger partial charge is 0.455 e. The van der Waals surface area contributed by atoms with E-state index < -0.39 is 23.5 Å².